The molecule has 0 aromatic carbocycles. The lowest BCUT2D eigenvalue weighted by atomic mass is 10.1. The molecule has 3 rings (SSSR count). The number of ether oxygens (including phenoxy) is 1. The Hall–Kier alpha value is -1.58. The van der Waals surface area contributed by atoms with Crippen LogP contribution in [0.4, 0.5) is 4.79 Å². The number of thioether (sulfide) groups is 1. The number of hydrogen-bond acceptors (Lipinski definition) is 7. The van der Waals surface area contributed by atoms with Gasteiger partial charge in [-0.05, 0) is 0 Å². The zero-order chi connectivity index (χ0) is 17.1. The van der Waals surface area contributed by atoms with E-state index in [1.807, 2.05) is 4.90 Å². The summed E-state index contributed by atoms with van der Waals surface area (Å²) in [7, 11) is 1.66. The largest absolute Gasteiger partial charge is 0.379 e. The standard InChI is InChI=1S/C15H23N5O3S/c1-3-4-20-11-12(18(2)14(22)17-13(11)21)16-15(20)24-10-7-19-5-8-23-9-6-19/h3,11-12H,1,4-10H2,2H3,(H,17,21,22). The van der Waals surface area contributed by atoms with Crippen molar-refractivity contribution in [3.05, 3.63) is 12.7 Å². The Kier molecular flexibility index (Phi) is 5.42. The van der Waals surface area contributed by atoms with E-state index in [9.17, 15) is 9.59 Å². The highest BCUT2D eigenvalue weighted by Crippen LogP contribution is 2.28. The number of carbonyl (C=O) groups is 2. The van der Waals surface area contributed by atoms with Crippen molar-refractivity contribution in [2.24, 2.45) is 4.99 Å². The van der Waals surface area contributed by atoms with Crippen LogP contribution in [0.1, 0.15) is 0 Å². The first kappa shape index (κ1) is 17.2. The van der Waals surface area contributed by atoms with Crippen LogP contribution in [0.15, 0.2) is 17.6 Å². The maximum atomic E-state index is 12.2. The average molecular weight is 353 g/mol. The number of likely N-dealkylation sites (N-methyl/N-ethyl adjacent to an activating group) is 1. The fourth-order valence-corrected chi connectivity index (χ4v) is 4.11. The molecule has 0 radical (unpaired) electrons. The summed E-state index contributed by atoms with van der Waals surface area (Å²) < 4.78 is 5.35. The maximum Gasteiger partial charge on any atom is 0.325 e. The molecule has 3 amide bonds. The lowest BCUT2D eigenvalue weighted by Gasteiger charge is -2.35. The van der Waals surface area contributed by atoms with E-state index in [-0.39, 0.29) is 5.91 Å². The van der Waals surface area contributed by atoms with Gasteiger partial charge in [0.1, 0.15) is 0 Å². The molecule has 0 bridgehead atoms. The van der Waals surface area contributed by atoms with Crippen molar-refractivity contribution in [1.82, 2.24) is 20.0 Å². The number of urea groups is 1. The number of rotatable bonds is 5. The lowest BCUT2D eigenvalue weighted by Crippen LogP contribution is -2.63. The van der Waals surface area contributed by atoms with E-state index in [1.54, 1.807) is 24.9 Å². The van der Waals surface area contributed by atoms with Crippen molar-refractivity contribution in [3.63, 3.8) is 0 Å². The van der Waals surface area contributed by atoms with Gasteiger partial charge in [-0.3, -0.25) is 15.0 Å². The van der Waals surface area contributed by atoms with Gasteiger partial charge in [0.25, 0.3) is 5.91 Å². The number of amides is 3. The molecule has 8 nitrogen and oxygen atoms in total. The first-order valence-electron chi connectivity index (χ1n) is 8.07. The predicted octanol–water partition coefficient (Wildman–Crippen LogP) is -0.214. The summed E-state index contributed by atoms with van der Waals surface area (Å²) >= 11 is 1.62. The summed E-state index contributed by atoms with van der Waals surface area (Å²) in [6, 6.07) is -0.875. The van der Waals surface area contributed by atoms with E-state index in [1.165, 1.54) is 4.90 Å². The van der Waals surface area contributed by atoms with Crippen LogP contribution in [-0.4, -0.2) is 96.2 Å². The fourth-order valence-electron chi connectivity index (χ4n) is 3.04. The highest BCUT2D eigenvalue weighted by Gasteiger charge is 2.48. The van der Waals surface area contributed by atoms with E-state index in [2.05, 4.69) is 21.8 Å². The quantitative estimate of drug-likeness (QED) is 0.689. The zero-order valence-electron chi connectivity index (χ0n) is 13.8. The Bertz CT molecular complexity index is 549. The monoisotopic (exact) mass is 353 g/mol. The Morgan fingerprint density at radius 2 is 2.17 bits per heavy atom. The molecule has 2 atom stereocenters. The molecule has 3 heterocycles. The van der Waals surface area contributed by atoms with Crippen LogP contribution in [0.5, 0.6) is 0 Å². The van der Waals surface area contributed by atoms with Crippen molar-refractivity contribution < 1.29 is 14.3 Å². The molecule has 9 heteroatoms. The molecule has 2 unspecified atom stereocenters. The normalized spacial score (nSPS) is 27.8. The van der Waals surface area contributed by atoms with Gasteiger partial charge in [-0.25, -0.2) is 9.79 Å². The number of aliphatic imine (C=N–C) groups is 1. The van der Waals surface area contributed by atoms with Crippen LogP contribution in [0.25, 0.3) is 0 Å². The predicted molar refractivity (Wildman–Crippen MR) is 92.9 cm³/mol. The molecule has 2 saturated heterocycles. The highest BCUT2D eigenvalue weighted by molar-refractivity contribution is 8.13. The molecular formula is C15H23N5O3S. The van der Waals surface area contributed by atoms with Crippen LogP contribution in [0, 0.1) is 0 Å². The lowest BCUT2D eigenvalue weighted by molar-refractivity contribution is -0.126. The second-order valence-corrected chi connectivity index (χ2v) is 6.98. The van der Waals surface area contributed by atoms with Gasteiger partial charge in [-0.15, -0.1) is 6.58 Å². The third kappa shape index (κ3) is 3.42. The molecule has 0 aromatic heterocycles. The Balaban J connectivity index is 1.64. The van der Waals surface area contributed by atoms with Gasteiger partial charge < -0.3 is 14.5 Å². The molecule has 132 valence electrons. The first-order chi connectivity index (χ1) is 11.6. The van der Waals surface area contributed by atoms with Crippen molar-refractivity contribution in [2.45, 2.75) is 12.2 Å². The van der Waals surface area contributed by atoms with Crippen molar-refractivity contribution in [2.75, 3.05) is 52.2 Å². The summed E-state index contributed by atoms with van der Waals surface area (Å²) in [5, 5.41) is 3.19. The molecule has 0 aromatic rings. The van der Waals surface area contributed by atoms with E-state index in [0.29, 0.717) is 6.54 Å². The van der Waals surface area contributed by atoms with Crippen molar-refractivity contribution in [1.29, 1.82) is 0 Å². The number of hydrogen-bond donors (Lipinski definition) is 1. The van der Waals surface area contributed by atoms with Crippen LogP contribution in [0.3, 0.4) is 0 Å². The minimum atomic E-state index is -0.475. The summed E-state index contributed by atoms with van der Waals surface area (Å²) in [5.74, 6) is 0.586. The molecular weight excluding hydrogens is 330 g/mol. The van der Waals surface area contributed by atoms with Gasteiger partial charge in [0.05, 0.1) is 13.2 Å². The molecule has 2 fully saturated rings. The highest BCUT2D eigenvalue weighted by atomic mass is 32.2. The molecule has 24 heavy (non-hydrogen) atoms. The van der Waals surface area contributed by atoms with Gasteiger partial charge in [0.15, 0.2) is 17.4 Å². The van der Waals surface area contributed by atoms with Gasteiger partial charge in [-0.2, -0.15) is 0 Å². The van der Waals surface area contributed by atoms with Gasteiger partial charge in [-0.1, -0.05) is 17.8 Å². The first-order valence-corrected chi connectivity index (χ1v) is 9.06. The van der Waals surface area contributed by atoms with E-state index in [4.69, 9.17) is 4.74 Å². The minimum Gasteiger partial charge on any atom is -0.379 e. The van der Waals surface area contributed by atoms with Gasteiger partial charge in [0.2, 0.25) is 0 Å². The van der Waals surface area contributed by atoms with E-state index < -0.39 is 18.2 Å². The number of morpholine rings is 1. The second kappa shape index (κ2) is 7.54. The van der Waals surface area contributed by atoms with Crippen LogP contribution < -0.4 is 5.32 Å². The summed E-state index contributed by atoms with van der Waals surface area (Å²) in [6.45, 7) is 8.72. The molecule has 3 aliphatic rings. The number of nitrogens with zero attached hydrogens (tertiary/aromatic N) is 4. The minimum absolute atomic E-state index is 0.294. The van der Waals surface area contributed by atoms with E-state index >= 15 is 0 Å². The SMILES string of the molecule is C=CCN1C(SCCN2CCOCC2)=NC2C1C(=O)NC(=O)N2C. The van der Waals surface area contributed by atoms with Crippen molar-refractivity contribution >= 4 is 28.9 Å². The topological polar surface area (TPSA) is 77.5 Å². The number of amidine groups is 1. The van der Waals surface area contributed by atoms with Gasteiger partial charge in [0, 0.05) is 39.0 Å². The van der Waals surface area contributed by atoms with Gasteiger partial charge >= 0.3 is 6.03 Å². The summed E-state index contributed by atoms with van der Waals surface area (Å²) in [4.78, 5) is 34.5. The third-order valence-corrected chi connectivity index (χ3v) is 5.38. The molecule has 3 aliphatic heterocycles. The number of carbonyl (C=O) groups excluding carboxylic acids is 2. The summed E-state index contributed by atoms with van der Waals surface area (Å²) in [6.07, 6.45) is 1.29. The van der Waals surface area contributed by atoms with E-state index in [0.717, 1.165) is 43.8 Å². The number of nitrogens with one attached hydrogen (secondary N) is 1. The number of imide groups is 1. The van der Waals surface area contributed by atoms with Crippen LogP contribution in [0.2, 0.25) is 0 Å². The maximum absolute atomic E-state index is 12.2. The second-order valence-electron chi connectivity index (χ2n) is 5.92. The molecule has 1 N–H and O–H groups in total. The molecule has 0 saturated carbocycles. The van der Waals surface area contributed by atoms with Crippen molar-refractivity contribution in [3.8, 4) is 0 Å². The fraction of sp³-hybridized carbons (Fsp3) is 0.667. The molecule has 0 aliphatic carbocycles. The average Bonchev–Trinajstić information content (AvgIpc) is 2.93. The molecule has 0 spiro atoms. The number of fused-ring (bicyclic) bond motifs is 1. The Labute approximate surface area is 145 Å². The Morgan fingerprint density at radius 3 is 2.88 bits per heavy atom. The van der Waals surface area contributed by atoms with Crippen LogP contribution in [-0.2, 0) is 9.53 Å². The summed E-state index contributed by atoms with van der Waals surface area (Å²) in [5.41, 5.74) is 0. The third-order valence-electron chi connectivity index (χ3n) is 4.39. The van der Waals surface area contributed by atoms with Crippen LogP contribution >= 0.6 is 11.8 Å². The zero-order valence-corrected chi connectivity index (χ0v) is 14.6. The Morgan fingerprint density at radius 1 is 1.42 bits per heavy atom. The smallest absolute Gasteiger partial charge is 0.325 e.